The Kier molecular flexibility index (Phi) is 4.82. The lowest BCUT2D eigenvalue weighted by atomic mass is 9.96. The van der Waals surface area contributed by atoms with E-state index >= 15 is 0 Å². The summed E-state index contributed by atoms with van der Waals surface area (Å²) in [4.78, 5) is 10.3. The molecule has 2 heterocycles. The van der Waals surface area contributed by atoms with Gasteiger partial charge in [-0.05, 0) is 46.2 Å². The maximum Gasteiger partial charge on any atom is 0.235 e. The first-order chi connectivity index (χ1) is 19.3. The number of para-hydroxylation sites is 3. The molecule has 0 fully saturated rings. The van der Waals surface area contributed by atoms with Gasteiger partial charge in [-0.1, -0.05) is 115 Å². The van der Waals surface area contributed by atoms with Crippen LogP contribution < -0.4 is 0 Å². The fraction of sp³-hybridized carbons (Fsp3) is 0. The van der Waals surface area contributed by atoms with Crippen LogP contribution in [0.3, 0.4) is 0 Å². The van der Waals surface area contributed by atoms with Gasteiger partial charge in [-0.3, -0.25) is 4.57 Å². The van der Waals surface area contributed by atoms with E-state index in [2.05, 4.69) is 138 Å². The standard InChI is InChI=1S/C36H23N3/c1-2-15-27-24(11-1)12-10-19-28(27)25-13-9-14-26(23-25)35-31-18-3-6-20-32(31)37-36(38-35)39-33-21-7-4-16-29(33)30-17-5-8-22-34(30)39/h1-23H. The Bertz CT molecular complexity index is 2130. The average Bonchev–Trinajstić information content (AvgIpc) is 3.35. The van der Waals surface area contributed by atoms with Crippen molar-refractivity contribution in [3.8, 4) is 28.3 Å². The molecular formula is C36H23N3. The Labute approximate surface area is 225 Å². The number of hydrogen-bond donors (Lipinski definition) is 0. The zero-order valence-corrected chi connectivity index (χ0v) is 21.1. The second-order valence-electron chi connectivity index (χ2n) is 9.87. The van der Waals surface area contributed by atoms with Crippen molar-refractivity contribution in [1.29, 1.82) is 0 Å². The van der Waals surface area contributed by atoms with Crippen LogP contribution in [-0.2, 0) is 0 Å². The first kappa shape index (κ1) is 21.8. The molecule has 8 aromatic rings. The molecule has 2 aromatic heterocycles. The Morgan fingerprint density at radius 2 is 1.03 bits per heavy atom. The predicted molar refractivity (Wildman–Crippen MR) is 162 cm³/mol. The Morgan fingerprint density at radius 1 is 0.436 bits per heavy atom. The van der Waals surface area contributed by atoms with Crippen molar-refractivity contribution < 1.29 is 0 Å². The first-order valence-electron chi connectivity index (χ1n) is 13.2. The van der Waals surface area contributed by atoms with Crippen LogP contribution in [0.2, 0.25) is 0 Å². The van der Waals surface area contributed by atoms with Gasteiger partial charge in [0, 0.05) is 21.7 Å². The highest BCUT2D eigenvalue weighted by molar-refractivity contribution is 6.09. The topological polar surface area (TPSA) is 30.7 Å². The number of nitrogens with zero attached hydrogens (tertiary/aromatic N) is 3. The zero-order chi connectivity index (χ0) is 25.8. The predicted octanol–water partition coefficient (Wildman–Crippen LogP) is 9.21. The molecule has 0 aliphatic rings. The van der Waals surface area contributed by atoms with Gasteiger partial charge >= 0.3 is 0 Å². The van der Waals surface area contributed by atoms with E-state index in [1.54, 1.807) is 0 Å². The van der Waals surface area contributed by atoms with Gasteiger partial charge in [0.2, 0.25) is 5.95 Å². The summed E-state index contributed by atoms with van der Waals surface area (Å²) < 4.78 is 2.19. The largest absolute Gasteiger partial charge is 0.278 e. The molecule has 0 aliphatic carbocycles. The fourth-order valence-corrected chi connectivity index (χ4v) is 5.83. The second kappa shape index (κ2) is 8.64. The van der Waals surface area contributed by atoms with Crippen LogP contribution in [0.1, 0.15) is 0 Å². The van der Waals surface area contributed by atoms with Gasteiger partial charge in [0.15, 0.2) is 0 Å². The molecule has 3 heteroatoms. The number of fused-ring (bicyclic) bond motifs is 5. The zero-order valence-electron chi connectivity index (χ0n) is 21.1. The molecule has 3 nitrogen and oxygen atoms in total. The normalized spacial score (nSPS) is 11.6. The molecule has 39 heavy (non-hydrogen) atoms. The lowest BCUT2D eigenvalue weighted by Gasteiger charge is -2.13. The number of rotatable bonds is 3. The molecule has 0 amide bonds. The van der Waals surface area contributed by atoms with Crippen LogP contribution in [0.15, 0.2) is 140 Å². The molecule has 0 N–H and O–H groups in total. The molecule has 0 atom stereocenters. The van der Waals surface area contributed by atoms with Crippen molar-refractivity contribution in [2.24, 2.45) is 0 Å². The van der Waals surface area contributed by atoms with Crippen molar-refractivity contribution in [3.63, 3.8) is 0 Å². The molecule has 0 spiro atoms. The summed E-state index contributed by atoms with van der Waals surface area (Å²) in [7, 11) is 0. The molecule has 0 saturated carbocycles. The van der Waals surface area contributed by atoms with E-state index in [1.165, 1.54) is 32.7 Å². The van der Waals surface area contributed by atoms with E-state index in [-0.39, 0.29) is 0 Å². The van der Waals surface area contributed by atoms with Gasteiger partial charge in [-0.25, -0.2) is 9.97 Å². The Hall–Kier alpha value is -5.28. The summed E-state index contributed by atoms with van der Waals surface area (Å²) >= 11 is 0. The Balaban J connectivity index is 1.39. The minimum absolute atomic E-state index is 0.677. The monoisotopic (exact) mass is 497 g/mol. The SMILES string of the molecule is c1cc(-c2cccc3ccccc23)cc(-c2nc(-n3c4ccccc4c4ccccc43)nc3ccccc23)c1. The molecule has 0 bridgehead atoms. The number of aromatic nitrogens is 3. The third-order valence-corrected chi connectivity index (χ3v) is 7.61. The summed E-state index contributed by atoms with van der Waals surface area (Å²) in [5, 5.41) is 5.92. The van der Waals surface area contributed by atoms with Crippen molar-refractivity contribution >= 4 is 43.5 Å². The van der Waals surface area contributed by atoms with Gasteiger partial charge in [-0.15, -0.1) is 0 Å². The van der Waals surface area contributed by atoms with Crippen molar-refractivity contribution in [3.05, 3.63) is 140 Å². The van der Waals surface area contributed by atoms with Crippen molar-refractivity contribution in [2.75, 3.05) is 0 Å². The molecule has 182 valence electrons. The van der Waals surface area contributed by atoms with E-state index in [9.17, 15) is 0 Å². The average molecular weight is 498 g/mol. The van der Waals surface area contributed by atoms with Crippen LogP contribution in [0.25, 0.3) is 71.8 Å². The van der Waals surface area contributed by atoms with Crippen molar-refractivity contribution in [2.45, 2.75) is 0 Å². The van der Waals surface area contributed by atoms with Gasteiger partial charge in [-0.2, -0.15) is 0 Å². The van der Waals surface area contributed by atoms with Crippen LogP contribution in [-0.4, -0.2) is 14.5 Å². The lowest BCUT2D eigenvalue weighted by molar-refractivity contribution is 1.01. The molecule has 8 rings (SSSR count). The molecule has 0 radical (unpaired) electrons. The third kappa shape index (κ3) is 3.44. The molecule has 0 unspecified atom stereocenters. The van der Waals surface area contributed by atoms with Crippen LogP contribution in [0.5, 0.6) is 0 Å². The van der Waals surface area contributed by atoms with Crippen LogP contribution in [0.4, 0.5) is 0 Å². The number of hydrogen-bond acceptors (Lipinski definition) is 2. The quantitative estimate of drug-likeness (QED) is 0.244. The highest BCUT2D eigenvalue weighted by Gasteiger charge is 2.17. The Morgan fingerprint density at radius 3 is 1.82 bits per heavy atom. The van der Waals surface area contributed by atoms with E-state index in [4.69, 9.17) is 9.97 Å². The summed E-state index contributed by atoms with van der Waals surface area (Å²) in [6, 6.07) is 49.0. The van der Waals surface area contributed by atoms with Gasteiger partial charge in [0.25, 0.3) is 0 Å². The first-order valence-corrected chi connectivity index (χ1v) is 13.2. The van der Waals surface area contributed by atoms with Crippen LogP contribution in [0, 0.1) is 0 Å². The van der Waals surface area contributed by atoms with E-state index in [0.29, 0.717) is 5.95 Å². The molecular weight excluding hydrogens is 474 g/mol. The van der Waals surface area contributed by atoms with Gasteiger partial charge in [0.1, 0.15) is 0 Å². The van der Waals surface area contributed by atoms with Crippen LogP contribution >= 0.6 is 0 Å². The van der Waals surface area contributed by atoms with Gasteiger partial charge in [0.05, 0.1) is 22.2 Å². The minimum Gasteiger partial charge on any atom is -0.278 e. The highest BCUT2D eigenvalue weighted by Crippen LogP contribution is 2.35. The molecule has 0 saturated heterocycles. The smallest absolute Gasteiger partial charge is 0.235 e. The van der Waals surface area contributed by atoms with E-state index in [0.717, 1.165) is 33.2 Å². The third-order valence-electron chi connectivity index (χ3n) is 7.61. The van der Waals surface area contributed by atoms with Gasteiger partial charge < -0.3 is 0 Å². The van der Waals surface area contributed by atoms with E-state index < -0.39 is 0 Å². The summed E-state index contributed by atoms with van der Waals surface area (Å²) in [5.74, 6) is 0.677. The highest BCUT2D eigenvalue weighted by atomic mass is 15.2. The molecule has 6 aromatic carbocycles. The molecule has 0 aliphatic heterocycles. The van der Waals surface area contributed by atoms with E-state index in [1.807, 2.05) is 6.07 Å². The minimum atomic E-state index is 0.677. The summed E-state index contributed by atoms with van der Waals surface area (Å²) in [5.41, 5.74) is 7.52. The second-order valence-corrected chi connectivity index (χ2v) is 9.87. The maximum absolute atomic E-state index is 5.26. The lowest BCUT2D eigenvalue weighted by Crippen LogP contribution is -2.03. The summed E-state index contributed by atoms with van der Waals surface area (Å²) in [6.45, 7) is 0. The maximum atomic E-state index is 5.26. The summed E-state index contributed by atoms with van der Waals surface area (Å²) in [6.07, 6.45) is 0. The number of benzene rings is 6. The fourth-order valence-electron chi connectivity index (χ4n) is 5.83. The van der Waals surface area contributed by atoms with Crippen molar-refractivity contribution in [1.82, 2.24) is 14.5 Å².